The first-order valence-electron chi connectivity index (χ1n) is 12.3. The first-order chi connectivity index (χ1) is 15.2. The first-order valence-corrected chi connectivity index (χ1v) is 12.3. The quantitative estimate of drug-likeness (QED) is 0.209. The van der Waals surface area contributed by atoms with E-state index in [1.165, 1.54) is 51.4 Å². The lowest BCUT2D eigenvalue weighted by Crippen LogP contribution is -2.43. The van der Waals surface area contributed by atoms with Crippen molar-refractivity contribution < 1.29 is 19.1 Å². The van der Waals surface area contributed by atoms with Crippen molar-refractivity contribution in [3.63, 3.8) is 0 Å². The van der Waals surface area contributed by atoms with Crippen LogP contribution in [-0.4, -0.2) is 31.3 Å². The van der Waals surface area contributed by atoms with Crippen molar-refractivity contribution in [3.8, 4) is 0 Å². The van der Waals surface area contributed by atoms with E-state index in [0.717, 1.165) is 31.2 Å². The molecule has 0 aromatic heterocycles. The molecule has 0 fully saturated rings. The van der Waals surface area contributed by atoms with E-state index in [0.29, 0.717) is 19.6 Å². The number of benzene rings is 1. The number of esters is 1. The van der Waals surface area contributed by atoms with Crippen molar-refractivity contribution in [1.29, 1.82) is 0 Å². The average Bonchev–Trinajstić information content (AvgIpc) is 2.77. The minimum absolute atomic E-state index is 0.355. The van der Waals surface area contributed by atoms with E-state index in [2.05, 4.69) is 12.2 Å². The third kappa shape index (κ3) is 14.6. The molecule has 1 aromatic carbocycles. The summed E-state index contributed by atoms with van der Waals surface area (Å²) >= 11 is 0. The van der Waals surface area contributed by atoms with Crippen LogP contribution < -0.4 is 5.32 Å². The van der Waals surface area contributed by atoms with E-state index < -0.39 is 18.1 Å². The highest BCUT2D eigenvalue weighted by Gasteiger charge is 2.23. The monoisotopic (exact) mass is 433 g/mol. The molecule has 0 aliphatic rings. The molecule has 0 radical (unpaired) electrons. The van der Waals surface area contributed by atoms with Gasteiger partial charge in [-0.1, -0.05) is 108 Å². The predicted molar refractivity (Wildman–Crippen MR) is 126 cm³/mol. The Morgan fingerprint density at radius 2 is 1.29 bits per heavy atom. The molecule has 5 heteroatoms. The van der Waals surface area contributed by atoms with Crippen LogP contribution >= 0.6 is 0 Å². The number of carbonyl (C=O) groups excluding carboxylic acids is 2. The van der Waals surface area contributed by atoms with Crippen LogP contribution in [0.25, 0.3) is 0 Å². The number of carbonyl (C=O) groups is 2. The van der Waals surface area contributed by atoms with Gasteiger partial charge in [-0.3, -0.25) is 0 Å². The molecule has 5 nitrogen and oxygen atoms in total. The van der Waals surface area contributed by atoms with Gasteiger partial charge >= 0.3 is 12.1 Å². The Labute approximate surface area is 189 Å². The summed E-state index contributed by atoms with van der Waals surface area (Å²) in [6, 6.07) is 8.90. The van der Waals surface area contributed by atoms with Gasteiger partial charge in [-0.05, 0) is 18.4 Å². The number of hydrogen-bond donors (Lipinski definition) is 1. The maximum atomic E-state index is 12.6. The minimum atomic E-state index is -0.736. The Morgan fingerprint density at radius 3 is 1.90 bits per heavy atom. The molecule has 176 valence electrons. The number of nitrogens with one attached hydrogen (secondary N) is 1. The van der Waals surface area contributed by atoms with Gasteiger partial charge in [0.25, 0.3) is 0 Å². The molecule has 0 saturated heterocycles. The second-order valence-electron chi connectivity index (χ2n) is 8.23. The second-order valence-corrected chi connectivity index (χ2v) is 8.23. The number of rotatable bonds is 18. The third-order valence-electron chi connectivity index (χ3n) is 5.33. The van der Waals surface area contributed by atoms with Gasteiger partial charge < -0.3 is 14.8 Å². The van der Waals surface area contributed by atoms with Crippen LogP contribution in [0.4, 0.5) is 4.79 Å². The molecular formula is C26H43NO4. The molecule has 31 heavy (non-hydrogen) atoms. The summed E-state index contributed by atoms with van der Waals surface area (Å²) in [5, 5.41) is 2.68. The summed E-state index contributed by atoms with van der Waals surface area (Å²) in [5.41, 5.74) is 0.970. The van der Waals surface area contributed by atoms with Crippen molar-refractivity contribution in [2.75, 3.05) is 13.2 Å². The summed E-state index contributed by atoms with van der Waals surface area (Å²) < 4.78 is 10.6. The average molecular weight is 434 g/mol. The lowest BCUT2D eigenvalue weighted by atomic mass is 10.1. The van der Waals surface area contributed by atoms with Gasteiger partial charge in [0, 0.05) is 6.42 Å². The highest BCUT2D eigenvalue weighted by molar-refractivity contribution is 5.81. The Kier molecular flexibility index (Phi) is 16.3. The van der Waals surface area contributed by atoms with Crippen molar-refractivity contribution in [1.82, 2.24) is 5.32 Å². The number of amides is 1. The summed E-state index contributed by atoms with van der Waals surface area (Å²) in [7, 11) is 0. The highest BCUT2D eigenvalue weighted by Crippen LogP contribution is 2.11. The normalized spacial score (nSPS) is 11.7. The number of alkyl carbamates (subject to hydrolysis) is 1. The fourth-order valence-electron chi connectivity index (χ4n) is 3.40. The molecule has 1 rings (SSSR count). The van der Waals surface area contributed by atoms with E-state index >= 15 is 0 Å². The van der Waals surface area contributed by atoms with Crippen molar-refractivity contribution in [3.05, 3.63) is 35.9 Å². The highest BCUT2D eigenvalue weighted by atomic mass is 16.6. The lowest BCUT2D eigenvalue weighted by molar-refractivity contribution is -0.146. The lowest BCUT2D eigenvalue weighted by Gasteiger charge is -2.18. The minimum Gasteiger partial charge on any atom is -0.464 e. The second kappa shape index (κ2) is 18.7. The largest absolute Gasteiger partial charge is 0.464 e. The summed E-state index contributed by atoms with van der Waals surface area (Å²) in [4.78, 5) is 24.6. The van der Waals surface area contributed by atoms with Crippen LogP contribution in [0.3, 0.4) is 0 Å². The van der Waals surface area contributed by atoms with Crippen LogP contribution in [0.1, 0.15) is 96.5 Å². The standard InChI is InChI=1S/C26H43NO4/c1-3-5-7-8-9-10-11-12-13-17-21-30-25(28)24(22-23-18-15-14-16-19-23)27-26(29)31-20-6-4-2/h14-16,18-19,24H,3-13,17,20-22H2,1-2H3,(H,27,29)/t24-/m0/s1. The van der Waals surface area contributed by atoms with Crippen molar-refractivity contribution in [2.45, 2.75) is 103 Å². The summed E-state index contributed by atoms with van der Waals surface area (Å²) in [6.45, 7) is 5.03. The van der Waals surface area contributed by atoms with Gasteiger partial charge in [0.1, 0.15) is 6.04 Å². The molecule has 1 amide bonds. The van der Waals surface area contributed by atoms with Crippen molar-refractivity contribution in [2.24, 2.45) is 0 Å². The molecule has 1 aromatic rings. The third-order valence-corrected chi connectivity index (χ3v) is 5.33. The molecule has 0 spiro atoms. The van der Waals surface area contributed by atoms with Crippen LogP contribution in [-0.2, 0) is 20.7 Å². The molecular weight excluding hydrogens is 390 g/mol. The fraction of sp³-hybridized carbons (Fsp3) is 0.692. The Balaban J connectivity index is 2.29. The summed E-state index contributed by atoms with van der Waals surface area (Å²) in [6.07, 6.45) is 13.9. The van der Waals surface area contributed by atoms with E-state index in [1.54, 1.807) is 0 Å². The van der Waals surface area contributed by atoms with E-state index in [9.17, 15) is 9.59 Å². The van der Waals surface area contributed by atoms with Gasteiger partial charge in [0.2, 0.25) is 0 Å². The fourth-order valence-corrected chi connectivity index (χ4v) is 3.40. The number of ether oxygens (including phenoxy) is 2. The number of hydrogen-bond acceptors (Lipinski definition) is 4. The molecule has 1 N–H and O–H groups in total. The predicted octanol–water partition coefficient (Wildman–Crippen LogP) is 6.59. The molecule has 0 heterocycles. The first kappa shape index (κ1) is 27.0. The van der Waals surface area contributed by atoms with Crippen LogP contribution in [0, 0.1) is 0 Å². The van der Waals surface area contributed by atoms with Gasteiger partial charge in [0.15, 0.2) is 0 Å². The van der Waals surface area contributed by atoms with E-state index in [1.807, 2.05) is 37.3 Å². The maximum absolute atomic E-state index is 12.6. The van der Waals surface area contributed by atoms with Gasteiger partial charge in [-0.15, -0.1) is 0 Å². The SMILES string of the molecule is CCCCCCCCCCCCOC(=O)[C@H](Cc1ccccc1)NC(=O)OCCCC. The Bertz CT molecular complexity index is 576. The molecule has 0 unspecified atom stereocenters. The van der Waals surface area contributed by atoms with Crippen molar-refractivity contribution >= 4 is 12.1 Å². The Hall–Kier alpha value is -2.04. The van der Waals surface area contributed by atoms with Gasteiger partial charge in [-0.25, -0.2) is 9.59 Å². The van der Waals surface area contributed by atoms with Crippen LogP contribution in [0.15, 0.2) is 30.3 Å². The maximum Gasteiger partial charge on any atom is 0.407 e. The van der Waals surface area contributed by atoms with E-state index in [-0.39, 0.29) is 0 Å². The zero-order chi connectivity index (χ0) is 22.6. The van der Waals surface area contributed by atoms with Gasteiger partial charge in [-0.2, -0.15) is 0 Å². The zero-order valence-corrected chi connectivity index (χ0v) is 19.7. The topological polar surface area (TPSA) is 64.6 Å². The molecule has 0 bridgehead atoms. The molecule has 1 atom stereocenters. The summed E-state index contributed by atoms with van der Waals surface area (Å²) in [5.74, 6) is -0.396. The zero-order valence-electron chi connectivity index (χ0n) is 19.7. The molecule has 0 aliphatic carbocycles. The van der Waals surface area contributed by atoms with Crippen LogP contribution in [0.5, 0.6) is 0 Å². The Morgan fingerprint density at radius 1 is 0.742 bits per heavy atom. The smallest absolute Gasteiger partial charge is 0.407 e. The van der Waals surface area contributed by atoms with Gasteiger partial charge in [0.05, 0.1) is 13.2 Å². The van der Waals surface area contributed by atoms with E-state index in [4.69, 9.17) is 9.47 Å². The molecule has 0 aliphatic heterocycles. The number of unbranched alkanes of at least 4 members (excludes halogenated alkanes) is 10. The molecule has 0 saturated carbocycles. The van der Waals surface area contributed by atoms with Crippen LogP contribution in [0.2, 0.25) is 0 Å².